The van der Waals surface area contributed by atoms with Gasteiger partial charge in [-0.2, -0.15) is 0 Å². The van der Waals surface area contributed by atoms with Gasteiger partial charge < -0.3 is 9.47 Å². The molecule has 2 aromatic rings. The van der Waals surface area contributed by atoms with Crippen molar-refractivity contribution < 1.29 is 18.7 Å². The van der Waals surface area contributed by atoms with Gasteiger partial charge in [0.25, 0.3) is 0 Å². The Balaban J connectivity index is 2.00. The van der Waals surface area contributed by atoms with Gasteiger partial charge in [0.2, 0.25) is 0 Å². The summed E-state index contributed by atoms with van der Waals surface area (Å²) >= 11 is 8.11. The topological polar surface area (TPSA) is 35.5 Å². The second-order valence-electron chi connectivity index (χ2n) is 4.86. The van der Waals surface area contributed by atoms with E-state index in [4.69, 9.17) is 27.5 Å². The van der Waals surface area contributed by atoms with Crippen LogP contribution in [-0.2, 0) is 16.1 Å². The molecule has 0 aliphatic rings. The monoisotopic (exact) mass is 470 g/mol. The third-order valence-corrected chi connectivity index (χ3v) is 4.26. The molecule has 0 N–H and O–H groups in total. The van der Waals surface area contributed by atoms with Gasteiger partial charge in [-0.1, -0.05) is 29.7 Å². The quantitative estimate of drug-likeness (QED) is 0.262. The van der Waals surface area contributed by atoms with E-state index in [2.05, 4.69) is 28.5 Å². The van der Waals surface area contributed by atoms with Crippen molar-refractivity contribution in [3.05, 3.63) is 68.0 Å². The molecule has 0 bridgehead atoms. The average molecular weight is 471 g/mol. The first-order valence-electron chi connectivity index (χ1n) is 7.14. The van der Waals surface area contributed by atoms with Gasteiger partial charge in [0.1, 0.15) is 18.2 Å². The fourth-order valence-corrected chi connectivity index (χ4v) is 2.77. The fraction of sp³-hybridized carbons (Fsp3) is 0.105. The number of carbonyl (C=O) groups excluding carboxylic acids is 1. The van der Waals surface area contributed by atoms with Crippen molar-refractivity contribution in [2.45, 2.75) is 6.61 Å². The molecule has 2 rings (SSSR count). The lowest BCUT2D eigenvalue weighted by Gasteiger charge is -2.10. The first-order valence-corrected chi connectivity index (χ1v) is 8.60. The number of benzene rings is 2. The van der Waals surface area contributed by atoms with Crippen molar-refractivity contribution in [2.24, 2.45) is 0 Å². The van der Waals surface area contributed by atoms with E-state index in [1.165, 1.54) is 18.2 Å². The van der Waals surface area contributed by atoms with Crippen molar-refractivity contribution in [3.8, 4) is 18.1 Å². The van der Waals surface area contributed by atoms with Gasteiger partial charge >= 0.3 is 5.97 Å². The number of ether oxygens (including phenoxy) is 2. The van der Waals surface area contributed by atoms with Crippen LogP contribution in [0.5, 0.6) is 5.75 Å². The Labute approximate surface area is 163 Å². The number of carbonyl (C=O) groups is 1. The standard InChI is InChI=1S/C19H13ClFIO3/c1-2-9-24-19(23)8-4-13-3-7-18(17(22)10-13)25-12-14-5-6-15(21)11-16(14)20/h1,3-8,10-11H,9,12H2/b8-4+. The smallest absolute Gasteiger partial charge is 0.331 e. The van der Waals surface area contributed by atoms with E-state index in [1.54, 1.807) is 24.3 Å². The molecular weight excluding hydrogens is 458 g/mol. The molecule has 0 aliphatic heterocycles. The highest BCUT2D eigenvalue weighted by molar-refractivity contribution is 14.1. The molecule has 0 radical (unpaired) electrons. The highest BCUT2D eigenvalue weighted by atomic mass is 127. The maximum Gasteiger partial charge on any atom is 0.331 e. The van der Waals surface area contributed by atoms with Crippen LogP contribution in [0.2, 0.25) is 5.02 Å². The lowest BCUT2D eigenvalue weighted by Crippen LogP contribution is -2.00. The molecule has 0 heterocycles. The second kappa shape index (κ2) is 9.44. The second-order valence-corrected chi connectivity index (χ2v) is 6.43. The van der Waals surface area contributed by atoms with Crippen LogP contribution in [0.25, 0.3) is 6.08 Å². The van der Waals surface area contributed by atoms with Gasteiger partial charge in [0.05, 0.1) is 8.59 Å². The molecule has 25 heavy (non-hydrogen) atoms. The van der Waals surface area contributed by atoms with Gasteiger partial charge in [-0.25, -0.2) is 9.18 Å². The van der Waals surface area contributed by atoms with Crippen LogP contribution in [0.3, 0.4) is 0 Å². The number of rotatable bonds is 6. The van der Waals surface area contributed by atoms with E-state index < -0.39 is 5.97 Å². The zero-order valence-electron chi connectivity index (χ0n) is 13.0. The van der Waals surface area contributed by atoms with Crippen LogP contribution in [0.15, 0.2) is 42.5 Å². The predicted octanol–water partition coefficient (Wildman–Crippen LogP) is 4.85. The predicted molar refractivity (Wildman–Crippen MR) is 104 cm³/mol. The summed E-state index contributed by atoms with van der Waals surface area (Å²) in [5, 5.41) is 0.319. The van der Waals surface area contributed by atoms with Gasteiger partial charge in [0.15, 0.2) is 6.61 Å². The summed E-state index contributed by atoms with van der Waals surface area (Å²) in [6.45, 7) is 0.169. The normalized spacial score (nSPS) is 10.5. The summed E-state index contributed by atoms with van der Waals surface area (Å²) in [5.41, 5.74) is 1.51. The number of hydrogen-bond acceptors (Lipinski definition) is 3. The average Bonchev–Trinajstić information content (AvgIpc) is 2.58. The molecule has 0 unspecified atom stereocenters. The first-order chi connectivity index (χ1) is 12.0. The number of halogens is 3. The van der Waals surface area contributed by atoms with Gasteiger partial charge in [0, 0.05) is 11.6 Å². The summed E-state index contributed by atoms with van der Waals surface area (Å²) in [7, 11) is 0. The van der Waals surface area contributed by atoms with E-state index in [0.29, 0.717) is 16.3 Å². The maximum absolute atomic E-state index is 13.0. The highest BCUT2D eigenvalue weighted by Gasteiger charge is 2.06. The Morgan fingerprint density at radius 2 is 2.12 bits per heavy atom. The van der Waals surface area contributed by atoms with Gasteiger partial charge in [-0.15, -0.1) is 6.42 Å². The van der Waals surface area contributed by atoms with Crippen molar-refractivity contribution in [1.29, 1.82) is 0 Å². The Morgan fingerprint density at radius 1 is 1.32 bits per heavy atom. The Hall–Kier alpha value is -2.04. The molecule has 0 saturated carbocycles. The van der Waals surface area contributed by atoms with Crippen molar-refractivity contribution in [3.63, 3.8) is 0 Å². The lowest BCUT2D eigenvalue weighted by molar-refractivity contribution is -0.136. The van der Waals surface area contributed by atoms with Gasteiger partial charge in [-0.3, -0.25) is 0 Å². The summed E-state index contributed by atoms with van der Waals surface area (Å²) in [6, 6.07) is 9.61. The Morgan fingerprint density at radius 3 is 2.80 bits per heavy atom. The van der Waals surface area contributed by atoms with E-state index >= 15 is 0 Å². The molecule has 0 spiro atoms. The molecule has 0 atom stereocenters. The molecule has 0 aromatic heterocycles. The van der Waals surface area contributed by atoms with Crippen LogP contribution in [-0.4, -0.2) is 12.6 Å². The largest absolute Gasteiger partial charge is 0.488 e. The van der Waals surface area contributed by atoms with Crippen LogP contribution in [0, 0.1) is 21.7 Å². The first kappa shape index (κ1) is 19.3. The minimum absolute atomic E-state index is 0.0561. The molecular formula is C19H13ClFIO3. The summed E-state index contributed by atoms with van der Waals surface area (Å²) in [5.74, 6) is 1.99. The van der Waals surface area contributed by atoms with Gasteiger partial charge in [-0.05, 0) is 58.5 Å². The molecule has 0 saturated heterocycles. The van der Waals surface area contributed by atoms with E-state index in [0.717, 1.165) is 9.13 Å². The van der Waals surface area contributed by atoms with E-state index in [9.17, 15) is 9.18 Å². The van der Waals surface area contributed by atoms with Crippen LogP contribution < -0.4 is 4.74 Å². The van der Waals surface area contributed by atoms with Crippen LogP contribution in [0.1, 0.15) is 11.1 Å². The van der Waals surface area contributed by atoms with Crippen LogP contribution in [0.4, 0.5) is 4.39 Å². The molecule has 128 valence electrons. The lowest BCUT2D eigenvalue weighted by atomic mass is 10.2. The highest BCUT2D eigenvalue weighted by Crippen LogP contribution is 2.25. The van der Waals surface area contributed by atoms with E-state index in [-0.39, 0.29) is 19.0 Å². The SMILES string of the molecule is C#CCOC(=O)/C=C/c1ccc(OCc2ccc(F)cc2Cl)c(I)c1. The molecule has 6 heteroatoms. The van der Waals surface area contributed by atoms with E-state index in [1.807, 2.05) is 6.07 Å². The third kappa shape index (κ3) is 6.07. The Bertz CT molecular complexity index is 843. The molecule has 2 aromatic carbocycles. The van der Waals surface area contributed by atoms with Crippen molar-refractivity contribution in [1.82, 2.24) is 0 Å². The molecule has 0 fully saturated rings. The third-order valence-electron chi connectivity index (χ3n) is 3.06. The fourth-order valence-electron chi connectivity index (χ4n) is 1.86. The molecule has 0 aliphatic carbocycles. The minimum Gasteiger partial charge on any atom is -0.488 e. The molecule has 0 amide bonds. The number of terminal acetylenes is 1. The summed E-state index contributed by atoms with van der Waals surface area (Å²) in [6.07, 6.45) is 7.95. The van der Waals surface area contributed by atoms with Crippen molar-refractivity contribution >= 4 is 46.2 Å². The van der Waals surface area contributed by atoms with Crippen LogP contribution >= 0.6 is 34.2 Å². The zero-order valence-corrected chi connectivity index (χ0v) is 15.9. The summed E-state index contributed by atoms with van der Waals surface area (Å²) < 4.78 is 24.4. The zero-order chi connectivity index (χ0) is 18.2. The maximum atomic E-state index is 13.0. The molecule has 3 nitrogen and oxygen atoms in total. The van der Waals surface area contributed by atoms with Crippen molar-refractivity contribution in [2.75, 3.05) is 6.61 Å². The minimum atomic E-state index is -0.501. The Kier molecular flexibility index (Phi) is 7.29. The number of esters is 1. The number of hydrogen-bond donors (Lipinski definition) is 0. The summed E-state index contributed by atoms with van der Waals surface area (Å²) in [4.78, 5) is 11.4.